The number of halogens is 2. The van der Waals surface area contributed by atoms with Crippen molar-refractivity contribution in [2.24, 2.45) is 0 Å². The van der Waals surface area contributed by atoms with E-state index in [9.17, 15) is 5.11 Å². The topological polar surface area (TPSA) is 60.4 Å². The summed E-state index contributed by atoms with van der Waals surface area (Å²) in [6.45, 7) is 4.85. The summed E-state index contributed by atoms with van der Waals surface area (Å²) in [5, 5.41) is 19.4. The van der Waals surface area contributed by atoms with Gasteiger partial charge in [0.25, 0.3) is 0 Å². The van der Waals surface area contributed by atoms with Crippen LogP contribution < -0.4 is 15.5 Å². The monoisotopic (exact) mass is 564 g/mol. The Morgan fingerprint density at radius 1 is 1.19 bits per heavy atom. The molecule has 1 aliphatic rings. The Labute approximate surface area is 208 Å². The number of benzene rings is 2. The lowest BCUT2D eigenvalue weighted by Crippen LogP contribution is -2.44. The van der Waals surface area contributed by atoms with Gasteiger partial charge in [0.2, 0.25) is 0 Å². The highest BCUT2D eigenvalue weighted by atomic mass is 127. The highest BCUT2D eigenvalue weighted by Crippen LogP contribution is 2.34. The fourth-order valence-electron chi connectivity index (χ4n) is 4.24. The van der Waals surface area contributed by atoms with E-state index in [-0.39, 0.29) is 5.75 Å². The molecule has 3 N–H and O–H groups in total. The highest BCUT2D eigenvalue weighted by molar-refractivity contribution is 14.1. The van der Waals surface area contributed by atoms with E-state index < -0.39 is 0 Å². The summed E-state index contributed by atoms with van der Waals surface area (Å²) in [4.78, 5) is 7.14. The predicted octanol–water partition coefficient (Wildman–Crippen LogP) is 6.33. The van der Waals surface area contributed by atoms with Gasteiger partial charge in [0, 0.05) is 47.8 Å². The lowest BCUT2D eigenvalue weighted by atomic mass is 10.0. The minimum atomic E-state index is 0.211. The Hall–Kier alpha value is -1.77. The Kier molecular flexibility index (Phi) is 7.97. The number of piperidine rings is 1. The Morgan fingerprint density at radius 2 is 1.94 bits per heavy atom. The molecule has 7 heteroatoms. The molecule has 1 aliphatic heterocycles. The van der Waals surface area contributed by atoms with E-state index >= 15 is 0 Å². The summed E-state index contributed by atoms with van der Waals surface area (Å²) in [5.74, 6) is 0.974. The van der Waals surface area contributed by atoms with Gasteiger partial charge in [-0.1, -0.05) is 71.8 Å². The minimum absolute atomic E-state index is 0.211. The number of phenolic OH excluding ortho intramolecular Hbond substituents is 1. The van der Waals surface area contributed by atoms with Gasteiger partial charge in [0.05, 0.1) is 4.05 Å². The molecule has 0 saturated carbocycles. The molecule has 0 spiro atoms. The molecule has 0 amide bonds. The second kappa shape index (κ2) is 10.9. The van der Waals surface area contributed by atoms with Crippen LogP contribution >= 0.6 is 34.2 Å². The predicted molar refractivity (Wildman–Crippen MR) is 143 cm³/mol. The molecule has 2 heterocycles. The molecule has 3 aromatic rings. The number of pyridine rings is 1. The van der Waals surface area contributed by atoms with Crippen LogP contribution in [0, 0.1) is 0 Å². The van der Waals surface area contributed by atoms with Crippen LogP contribution in [0.2, 0.25) is 5.02 Å². The third-order valence-corrected chi connectivity index (χ3v) is 7.21. The van der Waals surface area contributed by atoms with Gasteiger partial charge in [-0.15, -0.1) is 0 Å². The molecule has 32 heavy (non-hydrogen) atoms. The van der Waals surface area contributed by atoms with Crippen molar-refractivity contribution in [3.63, 3.8) is 0 Å². The third-order valence-electron chi connectivity index (χ3n) is 5.98. The van der Waals surface area contributed by atoms with Crippen LogP contribution in [0.5, 0.6) is 5.75 Å². The molecular formula is C25H30ClIN4O. The average molecular weight is 565 g/mol. The first-order valence-electron chi connectivity index (χ1n) is 11.3. The second-order valence-electron chi connectivity index (χ2n) is 8.36. The fourth-order valence-corrected chi connectivity index (χ4v) is 5.50. The van der Waals surface area contributed by atoms with Gasteiger partial charge in [0.15, 0.2) is 0 Å². The van der Waals surface area contributed by atoms with Crippen molar-refractivity contribution in [1.29, 1.82) is 0 Å². The zero-order valence-electron chi connectivity index (χ0n) is 18.3. The van der Waals surface area contributed by atoms with Crippen LogP contribution in [-0.4, -0.2) is 33.3 Å². The average Bonchev–Trinajstić information content (AvgIpc) is 2.79. The number of alkyl halides is 1. The lowest BCUT2D eigenvalue weighted by Gasteiger charge is -2.35. The van der Waals surface area contributed by atoms with Gasteiger partial charge in [-0.3, -0.25) is 0 Å². The van der Waals surface area contributed by atoms with Crippen molar-refractivity contribution in [3.05, 3.63) is 59.1 Å². The number of rotatable bonds is 8. The van der Waals surface area contributed by atoms with Crippen molar-refractivity contribution < 1.29 is 5.11 Å². The highest BCUT2D eigenvalue weighted by Gasteiger charge is 2.23. The van der Waals surface area contributed by atoms with E-state index in [1.165, 1.54) is 12.8 Å². The summed E-state index contributed by atoms with van der Waals surface area (Å²) in [5.41, 5.74) is 2.89. The molecule has 0 radical (unpaired) electrons. The quantitative estimate of drug-likeness (QED) is 0.170. The molecule has 170 valence electrons. The zero-order valence-corrected chi connectivity index (χ0v) is 21.2. The van der Waals surface area contributed by atoms with Crippen molar-refractivity contribution in [2.75, 3.05) is 23.3 Å². The smallest absolute Gasteiger partial charge is 0.141 e. The number of hydrogen-bond acceptors (Lipinski definition) is 5. The SMILES string of the molecule is CCCC(I)NC1CCN(c2cc(NCc3ccc(Cl)cc3)nc3c(O)cccc23)CC1. The maximum atomic E-state index is 10.5. The molecule has 0 bridgehead atoms. The molecular weight excluding hydrogens is 535 g/mol. The molecule has 1 atom stereocenters. The summed E-state index contributed by atoms with van der Waals surface area (Å²) in [6.07, 6.45) is 4.63. The Morgan fingerprint density at radius 3 is 2.66 bits per heavy atom. The molecule has 1 unspecified atom stereocenters. The molecule has 5 nitrogen and oxygen atoms in total. The summed E-state index contributed by atoms with van der Waals surface area (Å²) >= 11 is 8.52. The maximum absolute atomic E-state index is 10.5. The molecule has 1 fully saturated rings. The number of nitrogens with zero attached hydrogens (tertiary/aromatic N) is 2. The molecule has 1 saturated heterocycles. The number of anilines is 2. The van der Waals surface area contributed by atoms with Crippen molar-refractivity contribution >= 4 is 56.6 Å². The third kappa shape index (κ3) is 5.77. The summed E-state index contributed by atoms with van der Waals surface area (Å²) < 4.78 is 0.538. The van der Waals surface area contributed by atoms with Gasteiger partial charge in [0.1, 0.15) is 17.1 Å². The number of nitrogens with one attached hydrogen (secondary N) is 2. The minimum Gasteiger partial charge on any atom is -0.506 e. The second-order valence-corrected chi connectivity index (χ2v) is 10.3. The van der Waals surface area contributed by atoms with E-state index in [1.54, 1.807) is 6.07 Å². The summed E-state index contributed by atoms with van der Waals surface area (Å²) in [6, 6.07) is 16.1. The van der Waals surface area contributed by atoms with E-state index in [2.05, 4.69) is 51.1 Å². The van der Waals surface area contributed by atoms with Gasteiger partial charge >= 0.3 is 0 Å². The maximum Gasteiger partial charge on any atom is 0.141 e. The normalized spacial score (nSPS) is 15.8. The van der Waals surface area contributed by atoms with E-state index in [4.69, 9.17) is 16.6 Å². The lowest BCUT2D eigenvalue weighted by molar-refractivity contribution is 0.406. The molecule has 0 aliphatic carbocycles. The fraction of sp³-hybridized carbons (Fsp3) is 0.400. The zero-order chi connectivity index (χ0) is 22.5. The number of hydrogen-bond donors (Lipinski definition) is 3. The van der Waals surface area contributed by atoms with Crippen molar-refractivity contribution in [3.8, 4) is 5.75 Å². The van der Waals surface area contributed by atoms with Crippen LogP contribution in [-0.2, 0) is 6.54 Å². The van der Waals surface area contributed by atoms with Crippen LogP contribution in [0.4, 0.5) is 11.5 Å². The molecule has 1 aromatic heterocycles. The summed E-state index contributed by atoms with van der Waals surface area (Å²) in [7, 11) is 0. The van der Waals surface area contributed by atoms with Gasteiger partial charge < -0.3 is 20.6 Å². The number of aromatic hydroxyl groups is 1. The van der Waals surface area contributed by atoms with Gasteiger partial charge in [-0.2, -0.15) is 0 Å². The van der Waals surface area contributed by atoms with E-state index in [0.717, 1.165) is 53.4 Å². The van der Waals surface area contributed by atoms with Crippen LogP contribution in [0.25, 0.3) is 10.9 Å². The number of para-hydroxylation sites is 1. The largest absolute Gasteiger partial charge is 0.506 e. The standard InChI is InChI=1S/C25H30ClIN4O/c1-2-4-23(27)29-19-11-13-31(14-12-19)21-15-24(28-16-17-7-9-18(26)10-8-17)30-25-20(21)5-3-6-22(25)32/h3,5-10,15,19,23,29,32H,2,4,11-14,16H2,1H3,(H,28,30). The number of aromatic nitrogens is 1. The Bertz CT molecular complexity index is 1040. The molecule has 4 rings (SSSR count). The first-order valence-corrected chi connectivity index (χ1v) is 12.9. The van der Waals surface area contributed by atoms with Crippen molar-refractivity contribution in [1.82, 2.24) is 10.3 Å². The van der Waals surface area contributed by atoms with E-state index in [1.807, 2.05) is 36.4 Å². The van der Waals surface area contributed by atoms with Crippen LogP contribution in [0.15, 0.2) is 48.5 Å². The van der Waals surface area contributed by atoms with Gasteiger partial charge in [-0.05, 0) is 43.0 Å². The van der Waals surface area contributed by atoms with Crippen LogP contribution in [0.1, 0.15) is 38.2 Å². The van der Waals surface area contributed by atoms with Gasteiger partial charge in [-0.25, -0.2) is 4.98 Å². The Balaban J connectivity index is 1.53. The van der Waals surface area contributed by atoms with E-state index in [0.29, 0.717) is 22.2 Å². The van der Waals surface area contributed by atoms with Crippen LogP contribution in [0.3, 0.4) is 0 Å². The van der Waals surface area contributed by atoms with Crippen molar-refractivity contribution in [2.45, 2.75) is 49.2 Å². The first-order chi connectivity index (χ1) is 15.5. The first kappa shape index (κ1) is 23.4. The molecule has 2 aromatic carbocycles. The number of fused-ring (bicyclic) bond motifs is 1. The number of phenols is 1.